The zero-order valence-electron chi connectivity index (χ0n) is 8.12. The number of ether oxygens (including phenoxy) is 1. The first-order valence-electron chi connectivity index (χ1n) is 5.03. The average Bonchev–Trinajstić information content (AvgIpc) is 2.05. The van der Waals surface area contributed by atoms with E-state index in [9.17, 15) is 0 Å². The Labute approximate surface area is 81.3 Å². The molecule has 12 heavy (non-hydrogen) atoms. The third-order valence-electron chi connectivity index (χ3n) is 2.75. The molecule has 2 heteroatoms. The second kappa shape index (κ2) is 5.13. The van der Waals surface area contributed by atoms with Gasteiger partial charge in [0, 0.05) is 11.9 Å². The molecule has 0 aliphatic heterocycles. The molecule has 72 valence electrons. The molecule has 0 aromatic carbocycles. The second-order valence-electron chi connectivity index (χ2n) is 3.74. The van der Waals surface area contributed by atoms with Gasteiger partial charge in [0.25, 0.3) is 0 Å². The van der Waals surface area contributed by atoms with E-state index in [4.69, 9.17) is 4.74 Å². The first-order valence-corrected chi connectivity index (χ1v) is 5.55. The topological polar surface area (TPSA) is 9.23 Å². The minimum Gasteiger partial charge on any atom is -0.378 e. The molecule has 0 aromatic heterocycles. The van der Waals surface area contributed by atoms with Gasteiger partial charge in [-0.1, -0.05) is 13.3 Å². The van der Waals surface area contributed by atoms with Crippen LogP contribution in [0.1, 0.15) is 39.5 Å². The smallest absolute Gasteiger partial charge is 0.0578 e. The van der Waals surface area contributed by atoms with E-state index >= 15 is 0 Å². The molecular weight excluding hydrogens is 168 g/mol. The molecule has 0 heterocycles. The molecule has 1 saturated carbocycles. The van der Waals surface area contributed by atoms with Crippen molar-refractivity contribution in [3.05, 3.63) is 0 Å². The van der Waals surface area contributed by atoms with Crippen molar-refractivity contribution in [1.82, 2.24) is 0 Å². The first kappa shape index (κ1) is 10.4. The van der Waals surface area contributed by atoms with Gasteiger partial charge in [0.15, 0.2) is 0 Å². The Hall–Kier alpha value is 0.310. The molecule has 1 nitrogen and oxygen atoms in total. The number of rotatable bonds is 3. The molecule has 0 aromatic rings. The standard InChI is InChI=1S/C10H20OS/c1-3-11-10-6-4-5-9(7-10)8(2)12/h8-10,12H,3-7H2,1-2H3. The lowest BCUT2D eigenvalue weighted by Gasteiger charge is -2.30. The van der Waals surface area contributed by atoms with Crippen LogP contribution in [0.25, 0.3) is 0 Å². The largest absolute Gasteiger partial charge is 0.378 e. The summed E-state index contributed by atoms with van der Waals surface area (Å²) in [6.07, 6.45) is 5.65. The Morgan fingerprint density at radius 3 is 2.83 bits per heavy atom. The van der Waals surface area contributed by atoms with E-state index < -0.39 is 0 Å². The number of hydrogen-bond donors (Lipinski definition) is 1. The highest BCUT2D eigenvalue weighted by Crippen LogP contribution is 2.30. The summed E-state index contributed by atoms with van der Waals surface area (Å²) in [5.74, 6) is 0.777. The molecular formula is C10H20OS. The van der Waals surface area contributed by atoms with Crippen LogP contribution >= 0.6 is 12.6 Å². The summed E-state index contributed by atoms with van der Waals surface area (Å²) in [6.45, 7) is 5.13. The van der Waals surface area contributed by atoms with E-state index in [1.165, 1.54) is 25.7 Å². The molecule has 3 atom stereocenters. The average molecular weight is 188 g/mol. The van der Waals surface area contributed by atoms with Crippen molar-refractivity contribution >= 4 is 12.6 Å². The number of thiol groups is 1. The first-order chi connectivity index (χ1) is 5.74. The van der Waals surface area contributed by atoms with Crippen LogP contribution in [-0.4, -0.2) is 18.0 Å². The summed E-state index contributed by atoms with van der Waals surface area (Å²) in [5, 5.41) is 0.535. The maximum absolute atomic E-state index is 5.63. The van der Waals surface area contributed by atoms with Gasteiger partial charge in [0.05, 0.1) is 6.10 Å². The van der Waals surface area contributed by atoms with Gasteiger partial charge in [0.1, 0.15) is 0 Å². The molecule has 0 N–H and O–H groups in total. The van der Waals surface area contributed by atoms with Crippen molar-refractivity contribution in [1.29, 1.82) is 0 Å². The fourth-order valence-corrected chi connectivity index (χ4v) is 2.28. The fourth-order valence-electron chi connectivity index (χ4n) is 2.01. The van der Waals surface area contributed by atoms with Crippen LogP contribution in [0.4, 0.5) is 0 Å². The van der Waals surface area contributed by atoms with Crippen LogP contribution in [0.15, 0.2) is 0 Å². The Kier molecular flexibility index (Phi) is 4.44. The Morgan fingerprint density at radius 1 is 1.50 bits per heavy atom. The highest BCUT2D eigenvalue weighted by atomic mass is 32.1. The van der Waals surface area contributed by atoms with E-state index in [1.54, 1.807) is 0 Å². The van der Waals surface area contributed by atoms with E-state index in [2.05, 4.69) is 26.5 Å². The number of hydrogen-bond acceptors (Lipinski definition) is 2. The molecule has 1 fully saturated rings. The summed E-state index contributed by atoms with van der Waals surface area (Å²) in [6, 6.07) is 0. The summed E-state index contributed by atoms with van der Waals surface area (Å²) < 4.78 is 5.63. The lowest BCUT2D eigenvalue weighted by atomic mass is 9.85. The molecule has 1 aliphatic rings. The Bertz CT molecular complexity index is 123. The minimum absolute atomic E-state index is 0.517. The summed E-state index contributed by atoms with van der Waals surface area (Å²) in [5.41, 5.74) is 0. The van der Waals surface area contributed by atoms with E-state index in [0.29, 0.717) is 11.4 Å². The third kappa shape index (κ3) is 2.98. The van der Waals surface area contributed by atoms with Gasteiger partial charge in [-0.2, -0.15) is 12.6 Å². The molecule has 1 rings (SSSR count). The predicted molar refractivity (Wildman–Crippen MR) is 55.8 cm³/mol. The third-order valence-corrected chi connectivity index (χ3v) is 3.17. The SMILES string of the molecule is CCOC1CCCC(C(C)S)C1. The normalized spacial score (nSPS) is 33.2. The zero-order chi connectivity index (χ0) is 8.97. The van der Waals surface area contributed by atoms with Gasteiger partial charge in [-0.05, 0) is 32.1 Å². The zero-order valence-corrected chi connectivity index (χ0v) is 9.02. The molecule has 0 spiro atoms. The lowest BCUT2D eigenvalue weighted by Crippen LogP contribution is -2.26. The summed E-state index contributed by atoms with van der Waals surface area (Å²) in [4.78, 5) is 0. The fraction of sp³-hybridized carbons (Fsp3) is 1.00. The highest BCUT2D eigenvalue weighted by Gasteiger charge is 2.24. The van der Waals surface area contributed by atoms with Crippen molar-refractivity contribution in [2.24, 2.45) is 5.92 Å². The monoisotopic (exact) mass is 188 g/mol. The predicted octanol–water partition coefficient (Wildman–Crippen LogP) is 2.90. The molecule has 1 aliphatic carbocycles. The van der Waals surface area contributed by atoms with Crippen molar-refractivity contribution in [3.8, 4) is 0 Å². The maximum Gasteiger partial charge on any atom is 0.0578 e. The minimum atomic E-state index is 0.517. The molecule has 0 radical (unpaired) electrons. The maximum atomic E-state index is 5.63. The van der Waals surface area contributed by atoms with Crippen LogP contribution in [0, 0.1) is 5.92 Å². The van der Waals surface area contributed by atoms with Gasteiger partial charge in [0.2, 0.25) is 0 Å². The molecule has 0 amide bonds. The quantitative estimate of drug-likeness (QED) is 0.670. The van der Waals surface area contributed by atoms with Crippen LogP contribution in [0.3, 0.4) is 0 Å². The van der Waals surface area contributed by atoms with Crippen LogP contribution < -0.4 is 0 Å². The second-order valence-corrected chi connectivity index (χ2v) is 4.56. The van der Waals surface area contributed by atoms with Crippen molar-refractivity contribution in [2.75, 3.05) is 6.61 Å². The Balaban J connectivity index is 2.30. The van der Waals surface area contributed by atoms with Crippen LogP contribution in [0.5, 0.6) is 0 Å². The lowest BCUT2D eigenvalue weighted by molar-refractivity contribution is 0.0208. The summed E-state index contributed by atoms with van der Waals surface area (Å²) in [7, 11) is 0. The van der Waals surface area contributed by atoms with Crippen molar-refractivity contribution in [3.63, 3.8) is 0 Å². The molecule has 3 unspecified atom stereocenters. The van der Waals surface area contributed by atoms with Gasteiger partial charge in [-0.25, -0.2) is 0 Å². The van der Waals surface area contributed by atoms with Crippen LogP contribution in [-0.2, 0) is 4.74 Å². The van der Waals surface area contributed by atoms with Crippen molar-refractivity contribution < 1.29 is 4.74 Å². The Morgan fingerprint density at radius 2 is 2.25 bits per heavy atom. The van der Waals surface area contributed by atoms with Gasteiger partial charge >= 0.3 is 0 Å². The van der Waals surface area contributed by atoms with Gasteiger partial charge in [-0.3, -0.25) is 0 Å². The van der Waals surface area contributed by atoms with E-state index in [1.807, 2.05) is 0 Å². The highest BCUT2D eigenvalue weighted by molar-refractivity contribution is 7.80. The van der Waals surface area contributed by atoms with E-state index in [-0.39, 0.29) is 0 Å². The van der Waals surface area contributed by atoms with Crippen LogP contribution in [0.2, 0.25) is 0 Å². The molecule has 0 saturated heterocycles. The molecule has 0 bridgehead atoms. The van der Waals surface area contributed by atoms with Crippen molar-refractivity contribution in [2.45, 2.75) is 50.9 Å². The summed E-state index contributed by atoms with van der Waals surface area (Å²) >= 11 is 4.49. The van der Waals surface area contributed by atoms with E-state index in [0.717, 1.165) is 12.5 Å². The van der Waals surface area contributed by atoms with Gasteiger partial charge < -0.3 is 4.74 Å². The van der Waals surface area contributed by atoms with Gasteiger partial charge in [-0.15, -0.1) is 0 Å².